The van der Waals surface area contributed by atoms with Crippen molar-refractivity contribution in [3.8, 4) is 0 Å². The highest BCUT2D eigenvalue weighted by Gasteiger charge is 2.43. The van der Waals surface area contributed by atoms with E-state index in [-0.39, 0.29) is 5.69 Å². The van der Waals surface area contributed by atoms with Gasteiger partial charge in [-0.1, -0.05) is 0 Å². The lowest BCUT2D eigenvalue weighted by Crippen LogP contribution is -2.38. The molecule has 1 aliphatic heterocycles. The first kappa shape index (κ1) is 16.8. The molecule has 0 radical (unpaired) electrons. The Morgan fingerprint density at radius 1 is 1.32 bits per heavy atom. The lowest BCUT2D eigenvalue weighted by molar-refractivity contribution is -0.0151. The number of hydrogen-bond donors (Lipinski definition) is 7. The molecule has 7 N–H and O–H groups in total. The molecular weight excluding hydrogens is 325 g/mol. The lowest BCUT2D eigenvalue weighted by Gasteiger charge is -2.16. The standard InChI is InChI=1S/C9H14N3O9P/c13-5-4(2-20-22(17,18)19)21-8(6(5)14)11-3-1-10-9(16)12-7(3)15/h1,4-6,8,11,13-14H,2H2,(H2,17,18,19)(H2,10,12,15,16)/t4-,5-,6-,8?/m1/s1. The number of phosphoric acid groups is 1. The van der Waals surface area contributed by atoms with E-state index in [2.05, 4.69) is 14.8 Å². The molecular formula is C9H14N3O9P. The van der Waals surface area contributed by atoms with Crippen molar-refractivity contribution in [2.24, 2.45) is 0 Å². The van der Waals surface area contributed by atoms with Crippen LogP contribution in [0.25, 0.3) is 0 Å². The van der Waals surface area contributed by atoms with E-state index >= 15 is 0 Å². The summed E-state index contributed by atoms with van der Waals surface area (Å²) < 4.78 is 19.9. The molecule has 1 aliphatic rings. The van der Waals surface area contributed by atoms with Gasteiger partial charge < -0.3 is 35.0 Å². The highest BCUT2D eigenvalue weighted by molar-refractivity contribution is 7.46. The van der Waals surface area contributed by atoms with Gasteiger partial charge in [-0.05, 0) is 0 Å². The minimum absolute atomic E-state index is 0.132. The van der Waals surface area contributed by atoms with Crippen molar-refractivity contribution in [2.75, 3.05) is 11.9 Å². The zero-order valence-electron chi connectivity index (χ0n) is 10.9. The number of aliphatic hydroxyl groups is 2. The molecule has 1 aromatic heterocycles. The molecule has 0 amide bonds. The van der Waals surface area contributed by atoms with Gasteiger partial charge in [-0.25, -0.2) is 9.36 Å². The summed E-state index contributed by atoms with van der Waals surface area (Å²) in [6.07, 6.45) is -4.40. The monoisotopic (exact) mass is 339 g/mol. The Kier molecular flexibility index (Phi) is 4.82. The summed E-state index contributed by atoms with van der Waals surface area (Å²) in [6, 6.07) is 0. The van der Waals surface area contributed by atoms with Crippen LogP contribution in [0.4, 0.5) is 5.69 Å². The van der Waals surface area contributed by atoms with Gasteiger partial charge in [0, 0.05) is 6.20 Å². The number of H-pyrrole nitrogens is 2. The summed E-state index contributed by atoms with van der Waals surface area (Å²) in [5.74, 6) is 0. The van der Waals surface area contributed by atoms with Crippen LogP contribution in [0.3, 0.4) is 0 Å². The van der Waals surface area contributed by atoms with E-state index in [0.29, 0.717) is 0 Å². The third kappa shape index (κ3) is 4.01. The Hall–Kier alpha value is -1.53. The molecule has 1 aromatic rings. The van der Waals surface area contributed by atoms with Crippen molar-refractivity contribution in [2.45, 2.75) is 24.5 Å². The first-order chi connectivity index (χ1) is 10.2. The summed E-state index contributed by atoms with van der Waals surface area (Å²) in [6.45, 7) is -0.664. The number of hydrogen-bond acceptors (Lipinski definition) is 8. The van der Waals surface area contributed by atoms with Gasteiger partial charge in [-0.15, -0.1) is 0 Å². The van der Waals surface area contributed by atoms with E-state index < -0.39 is 50.2 Å². The van der Waals surface area contributed by atoms with Crippen molar-refractivity contribution in [1.82, 2.24) is 9.97 Å². The van der Waals surface area contributed by atoms with Crippen LogP contribution in [0.5, 0.6) is 0 Å². The summed E-state index contributed by atoms with van der Waals surface area (Å²) in [5, 5.41) is 22.0. The van der Waals surface area contributed by atoms with Gasteiger partial charge in [-0.3, -0.25) is 14.3 Å². The second kappa shape index (κ2) is 6.30. The largest absolute Gasteiger partial charge is 0.469 e. The second-order valence-electron chi connectivity index (χ2n) is 4.49. The third-order valence-corrected chi connectivity index (χ3v) is 3.37. The van der Waals surface area contributed by atoms with Crippen molar-refractivity contribution in [3.63, 3.8) is 0 Å². The molecule has 4 atom stereocenters. The molecule has 22 heavy (non-hydrogen) atoms. The van der Waals surface area contributed by atoms with E-state index in [1.54, 1.807) is 0 Å². The first-order valence-electron chi connectivity index (χ1n) is 5.97. The Bertz CT molecular complexity index is 681. The summed E-state index contributed by atoms with van der Waals surface area (Å²) >= 11 is 0. The minimum Gasteiger partial charge on any atom is -0.387 e. The maximum atomic E-state index is 11.5. The normalized spacial score (nSPS) is 28.7. The zero-order chi connectivity index (χ0) is 16.5. The predicted octanol–water partition coefficient (Wildman–Crippen LogP) is -2.97. The molecule has 2 heterocycles. The number of phosphoric ester groups is 1. The number of anilines is 1. The van der Waals surface area contributed by atoms with Crippen LogP contribution in [0.2, 0.25) is 0 Å². The van der Waals surface area contributed by atoms with Crippen molar-refractivity contribution in [3.05, 3.63) is 27.0 Å². The van der Waals surface area contributed by atoms with E-state index in [4.69, 9.17) is 14.5 Å². The zero-order valence-corrected chi connectivity index (χ0v) is 11.8. The van der Waals surface area contributed by atoms with E-state index in [1.807, 2.05) is 4.98 Å². The van der Waals surface area contributed by atoms with E-state index in [0.717, 1.165) is 6.20 Å². The Morgan fingerprint density at radius 2 is 2.00 bits per heavy atom. The average molecular weight is 339 g/mol. The van der Waals surface area contributed by atoms with Gasteiger partial charge in [0.25, 0.3) is 5.56 Å². The highest BCUT2D eigenvalue weighted by Crippen LogP contribution is 2.37. The van der Waals surface area contributed by atoms with Crippen LogP contribution in [-0.2, 0) is 13.8 Å². The van der Waals surface area contributed by atoms with Gasteiger partial charge in [0.2, 0.25) is 0 Å². The second-order valence-corrected chi connectivity index (χ2v) is 5.73. The van der Waals surface area contributed by atoms with Gasteiger partial charge in [-0.2, -0.15) is 0 Å². The van der Waals surface area contributed by atoms with Gasteiger partial charge in [0.15, 0.2) is 6.23 Å². The summed E-state index contributed by atoms with van der Waals surface area (Å²) in [7, 11) is -4.75. The lowest BCUT2D eigenvalue weighted by atomic mass is 10.1. The smallest absolute Gasteiger partial charge is 0.387 e. The number of ether oxygens (including phenoxy) is 1. The molecule has 13 heteroatoms. The van der Waals surface area contributed by atoms with Crippen LogP contribution in [-0.4, -0.2) is 61.1 Å². The number of rotatable bonds is 5. The fourth-order valence-corrected chi connectivity index (χ4v) is 2.19. The molecule has 1 fully saturated rings. The quantitative estimate of drug-likeness (QED) is 0.272. The van der Waals surface area contributed by atoms with Gasteiger partial charge >= 0.3 is 13.5 Å². The van der Waals surface area contributed by atoms with E-state index in [9.17, 15) is 24.4 Å². The molecule has 0 aliphatic carbocycles. The topological polar surface area (TPSA) is 194 Å². The van der Waals surface area contributed by atoms with Crippen LogP contribution >= 0.6 is 7.82 Å². The maximum absolute atomic E-state index is 11.5. The Balaban J connectivity index is 2.05. The SMILES string of the molecule is O=c1[nH]cc(NC2O[C@H](COP(=O)(O)O)[C@@H](O)[C@H]2O)c(=O)[nH]1. The fraction of sp³-hybridized carbons (Fsp3) is 0.556. The fourth-order valence-electron chi connectivity index (χ4n) is 1.85. The van der Waals surface area contributed by atoms with Crippen molar-refractivity contribution >= 4 is 13.5 Å². The molecule has 124 valence electrons. The molecule has 0 aromatic carbocycles. The van der Waals surface area contributed by atoms with Crippen molar-refractivity contribution < 1.29 is 33.8 Å². The van der Waals surface area contributed by atoms with Gasteiger partial charge in [0.1, 0.15) is 24.0 Å². The number of aliphatic hydroxyl groups excluding tert-OH is 2. The Labute approximate surface area is 122 Å². The summed E-state index contributed by atoms with van der Waals surface area (Å²) in [4.78, 5) is 43.7. The maximum Gasteiger partial charge on any atom is 0.469 e. The molecule has 0 bridgehead atoms. The van der Waals surface area contributed by atoms with E-state index in [1.165, 1.54) is 0 Å². The molecule has 0 spiro atoms. The molecule has 2 rings (SSSR count). The molecule has 1 unspecified atom stereocenters. The van der Waals surface area contributed by atoms with Crippen LogP contribution < -0.4 is 16.6 Å². The summed E-state index contributed by atoms with van der Waals surface area (Å²) in [5.41, 5.74) is -1.63. The average Bonchev–Trinajstić information content (AvgIpc) is 2.67. The number of aromatic amines is 2. The first-order valence-corrected chi connectivity index (χ1v) is 7.50. The highest BCUT2D eigenvalue weighted by atomic mass is 31.2. The van der Waals surface area contributed by atoms with Crippen molar-refractivity contribution in [1.29, 1.82) is 0 Å². The van der Waals surface area contributed by atoms with Crippen LogP contribution in [0.1, 0.15) is 0 Å². The Morgan fingerprint density at radius 3 is 2.59 bits per heavy atom. The van der Waals surface area contributed by atoms with Gasteiger partial charge in [0.05, 0.1) is 6.61 Å². The van der Waals surface area contributed by atoms with Crippen LogP contribution in [0, 0.1) is 0 Å². The third-order valence-electron chi connectivity index (χ3n) is 2.89. The minimum atomic E-state index is -4.75. The number of aromatic nitrogens is 2. The molecule has 12 nitrogen and oxygen atoms in total. The molecule has 0 saturated carbocycles. The molecule has 1 saturated heterocycles. The predicted molar refractivity (Wildman–Crippen MR) is 70.0 cm³/mol. The number of nitrogens with one attached hydrogen (secondary N) is 3. The van der Waals surface area contributed by atoms with Crippen LogP contribution in [0.15, 0.2) is 15.8 Å².